The monoisotopic (exact) mass is 854 g/mol. The summed E-state index contributed by atoms with van der Waals surface area (Å²) in [6.45, 7) is 34.1. The van der Waals surface area contributed by atoms with Gasteiger partial charge in [-0.3, -0.25) is 0 Å². The van der Waals surface area contributed by atoms with E-state index in [4.69, 9.17) is 0 Å². The third-order valence-electron chi connectivity index (χ3n) is 7.84. The van der Waals surface area contributed by atoms with Crippen LogP contribution >= 0.6 is 0 Å². The molecule has 0 atom stereocenters. The Morgan fingerprint density at radius 1 is 0.420 bits per heavy atom. The average Bonchev–Trinajstić information content (AvgIpc) is 2.85. The van der Waals surface area contributed by atoms with Crippen LogP contribution in [0.5, 0.6) is 0 Å². The maximum absolute atomic E-state index is 10.0. The zero-order valence-corrected chi connectivity index (χ0v) is 40.3. The molecule has 0 N–H and O–H groups in total. The zero-order valence-electron chi connectivity index (χ0n) is 36.0. The summed E-state index contributed by atoms with van der Waals surface area (Å²) in [6, 6.07) is 0. The maximum atomic E-state index is 10.0. The van der Waals surface area contributed by atoms with Crippen molar-refractivity contribution >= 4 is 32.1 Å². The van der Waals surface area contributed by atoms with Crippen LogP contribution in [0.25, 0.3) is 0 Å². The van der Waals surface area contributed by atoms with Crippen LogP contribution in [0, 0.1) is 74.8 Å². The molecule has 0 aliphatic rings. The molecule has 1 radical (unpaired) electrons. The summed E-state index contributed by atoms with van der Waals surface area (Å²) in [4.78, 5) is 30.1. The molecule has 0 saturated heterocycles. The van der Waals surface area contributed by atoms with Gasteiger partial charge >= 0.3 is 40.8 Å². The minimum absolute atomic E-state index is 0. The SMILES string of the molecule is CC(C)(C)CCCCCC(=O)[O-].CC(C)(C)CCCCCC(=O)[O-].CC(C)(C)CCCCCC(=O)[O-].CC(C)[CH2][Al]([CH2]C(C)C)[CH2]C(C)C.[Nd+3]. The van der Waals surface area contributed by atoms with E-state index >= 15 is 0 Å². The van der Waals surface area contributed by atoms with E-state index in [0.717, 1.165) is 75.5 Å². The number of carbonyl (C=O) groups is 3. The normalized spacial score (nSPS) is 11.4. The summed E-state index contributed by atoms with van der Waals surface area (Å²) >= 11 is -0.407. The van der Waals surface area contributed by atoms with Crippen LogP contribution in [0.1, 0.15) is 200 Å². The van der Waals surface area contributed by atoms with E-state index < -0.39 is 32.1 Å². The van der Waals surface area contributed by atoms with Crippen molar-refractivity contribution in [2.45, 2.75) is 216 Å². The molecule has 0 amide bonds. The quantitative estimate of drug-likeness (QED) is 0.0838. The number of aliphatic carboxylic acids is 3. The van der Waals surface area contributed by atoms with Crippen LogP contribution in [0.2, 0.25) is 15.8 Å². The van der Waals surface area contributed by atoms with Gasteiger partial charge in [0.15, 0.2) is 0 Å². The molecular weight excluding hydrogens is 772 g/mol. The number of hydrogen-bond donors (Lipinski definition) is 0. The first-order chi connectivity index (χ1) is 22.2. The van der Waals surface area contributed by atoms with Gasteiger partial charge in [0, 0.05) is 17.9 Å². The molecule has 6 nitrogen and oxygen atoms in total. The van der Waals surface area contributed by atoms with Crippen LogP contribution in [-0.4, -0.2) is 32.1 Å². The van der Waals surface area contributed by atoms with Gasteiger partial charge < -0.3 is 29.7 Å². The molecule has 0 bridgehead atoms. The largest absolute Gasteiger partial charge is 3.00 e. The number of carboxylic acid groups (broad SMARTS) is 3. The number of unbranched alkanes of at least 4 members (excludes halogenated alkanes) is 6. The molecule has 0 aliphatic carbocycles. The molecule has 0 aromatic heterocycles. The summed E-state index contributed by atoms with van der Waals surface area (Å²) in [5.41, 5.74) is 1.13. The topological polar surface area (TPSA) is 120 Å². The van der Waals surface area contributed by atoms with Crippen LogP contribution < -0.4 is 15.3 Å². The molecule has 0 fully saturated rings. The predicted octanol–water partition coefficient (Wildman–Crippen LogP) is 9.65. The second-order valence-electron chi connectivity index (χ2n) is 19.2. The number of carbonyl (C=O) groups excluding carboxylic acids is 3. The fraction of sp³-hybridized carbons (Fsp3) is 0.929. The Kier molecular flexibility index (Phi) is 41.7. The van der Waals surface area contributed by atoms with Crippen molar-refractivity contribution < 1.29 is 70.5 Å². The van der Waals surface area contributed by atoms with Gasteiger partial charge in [-0.05, 0) is 74.0 Å². The molecule has 0 saturated carbocycles. The molecule has 8 heteroatoms. The summed E-state index contributed by atoms with van der Waals surface area (Å²) in [6.07, 6.45) is 12.8. The number of hydrogen-bond acceptors (Lipinski definition) is 6. The third kappa shape index (κ3) is 70.0. The van der Waals surface area contributed by atoms with Crippen molar-refractivity contribution in [3.05, 3.63) is 0 Å². The van der Waals surface area contributed by atoms with Gasteiger partial charge in [0.2, 0.25) is 0 Å². The van der Waals surface area contributed by atoms with E-state index in [1.807, 2.05) is 0 Å². The molecule has 0 spiro atoms. The van der Waals surface area contributed by atoms with Gasteiger partial charge in [0.1, 0.15) is 0 Å². The average molecular weight is 856 g/mol. The molecular formula is C42H84AlNdO6. The van der Waals surface area contributed by atoms with Gasteiger partial charge in [-0.15, -0.1) is 0 Å². The van der Waals surface area contributed by atoms with E-state index in [1.54, 1.807) is 15.8 Å². The smallest absolute Gasteiger partial charge is 0.550 e. The van der Waals surface area contributed by atoms with Gasteiger partial charge in [-0.2, -0.15) is 0 Å². The van der Waals surface area contributed by atoms with Crippen molar-refractivity contribution in [3.63, 3.8) is 0 Å². The second kappa shape index (κ2) is 35.0. The first-order valence-electron chi connectivity index (χ1n) is 19.8. The first kappa shape index (κ1) is 59.6. The molecule has 0 aliphatic heterocycles. The molecule has 0 aromatic rings. The van der Waals surface area contributed by atoms with Crippen molar-refractivity contribution in [1.82, 2.24) is 0 Å². The Hall–Kier alpha value is 0.293. The third-order valence-corrected chi connectivity index (χ3v) is 12.7. The van der Waals surface area contributed by atoms with Crippen LogP contribution in [-0.2, 0) is 14.4 Å². The maximum Gasteiger partial charge on any atom is 3.00 e. The number of carboxylic acids is 3. The zero-order chi connectivity index (χ0) is 39.3. The van der Waals surface area contributed by atoms with Crippen LogP contribution in [0.15, 0.2) is 0 Å². The van der Waals surface area contributed by atoms with E-state index in [-0.39, 0.29) is 60.1 Å². The predicted molar refractivity (Wildman–Crippen MR) is 207 cm³/mol. The van der Waals surface area contributed by atoms with Gasteiger partial charge in [-0.1, -0.05) is 176 Å². The fourth-order valence-corrected chi connectivity index (χ4v) is 10.2. The first-order valence-corrected chi connectivity index (χ1v) is 22.2. The molecule has 50 heavy (non-hydrogen) atoms. The summed E-state index contributed by atoms with van der Waals surface area (Å²) in [7, 11) is 0. The minimum Gasteiger partial charge on any atom is -0.550 e. The van der Waals surface area contributed by atoms with Crippen molar-refractivity contribution in [3.8, 4) is 0 Å². The van der Waals surface area contributed by atoms with Crippen LogP contribution in [0.3, 0.4) is 0 Å². The molecule has 0 unspecified atom stereocenters. The van der Waals surface area contributed by atoms with Crippen LogP contribution in [0.4, 0.5) is 0 Å². The number of rotatable bonds is 21. The Morgan fingerprint density at radius 3 is 0.760 bits per heavy atom. The molecule has 0 rings (SSSR count). The molecule has 295 valence electrons. The van der Waals surface area contributed by atoms with E-state index in [9.17, 15) is 29.7 Å². The van der Waals surface area contributed by atoms with Gasteiger partial charge in [0.05, 0.1) is 0 Å². The Bertz CT molecular complexity index is 687. The van der Waals surface area contributed by atoms with E-state index in [2.05, 4.69) is 104 Å². The summed E-state index contributed by atoms with van der Waals surface area (Å²) < 4.78 is 0. The summed E-state index contributed by atoms with van der Waals surface area (Å²) in [5.74, 6) is -0.000207. The minimum atomic E-state index is -0.925. The fourth-order valence-electron chi connectivity index (χ4n) is 5.59. The van der Waals surface area contributed by atoms with Gasteiger partial charge in [-0.25, -0.2) is 0 Å². The Labute approximate surface area is 349 Å². The molecule has 0 heterocycles. The van der Waals surface area contributed by atoms with Crippen molar-refractivity contribution in [2.75, 3.05) is 0 Å². The van der Waals surface area contributed by atoms with Crippen molar-refractivity contribution in [1.29, 1.82) is 0 Å². The van der Waals surface area contributed by atoms with Gasteiger partial charge in [0.25, 0.3) is 14.1 Å². The summed E-state index contributed by atoms with van der Waals surface area (Å²) in [5, 5.41) is 34.8. The van der Waals surface area contributed by atoms with E-state index in [1.165, 1.54) is 19.3 Å². The second-order valence-corrected chi connectivity index (χ2v) is 22.4. The standard InChI is InChI=1S/3C10H20O2.3C4H9.Al.Nd/c3*1-10(2,3)8-6-4-5-7-9(11)12;3*1-4(2)3;;/h3*4-8H2,1-3H3,(H,11,12);3*4H,1H2,2-3H3;;/q;;;;;;;+3/p-3. The Balaban J connectivity index is -0.000000179. The molecule has 0 aromatic carbocycles. The van der Waals surface area contributed by atoms with E-state index in [0.29, 0.717) is 16.2 Å². The Morgan fingerprint density at radius 2 is 0.620 bits per heavy atom. The van der Waals surface area contributed by atoms with Crippen molar-refractivity contribution in [2.24, 2.45) is 34.0 Å².